The summed E-state index contributed by atoms with van der Waals surface area (Å²) in [4.78, 5) is 4.69. The fourth-order valence-electron chi connectivity index (χ4n) is 2.83. The van der Waals surface area contributed by atoms with Crippen LogP contribution in [0.1, 0.15) is 31.4 Å². The first-order valence-corrected chi connectivity index (χ1v) is 7.67. The van der Waals surface area contributed by atoms with Crippen molar-refractivity contribution in [1.29, 1.82) is 0 Å². The molecule has 1 aromatic rings. The summed E-state index contributed by atoms with van der Waals surface area (Å²) in [5, 5.41) is 9.93. The zero-order valence-corrected chi connectivity index (χ0v) is 13.5. The molecule has 2 atom stereocenters. The summed E-state index contributed by atoms with van der Waals surface area (Å²) in [6, 6.07) is 6.75. The third-order valence-corrected chi connectivity index (χ3v) is 4.50. The zero-order valence-electron chi connectivity index (χ0n) is 11.9. The van der Waals surface area contributed by atoms with Gasteiger partial charge in [-0.3, -0.25) is 0 Å². The SMILES string of the molecule is CC(O)c1cc(Br)ccc1N(C)CC1CCCN1C. The van der Waals surface area contributed by atoms with Gasteiger partial charge in [0.1, 0.15) is 0 Å². The van der Waals surface area contributed by atoms with Gasteiger partial charge in [-0.15, -0.1) is 0 Å². The van der Waals surface area contributed by atoms with Gasteiger partial charge in [0.05, 0.1) is 6.10 Å². The molecule has 0 aromatic heterocycles. The number of benzene rings is 1. The van der Waals surface area contributed by atoms with Gasteiger partial charge in [0.15, 0.2) is 0 Å². The number of anilines is 1. The van der Waals surface area contributed by atoms with E-state index in [1.807, 2.05) is 19.1 Å². The van der Waals surface area contributed by atoms with E-state index in [-0.39, 0.29) is 0 Å². The van der Waals surface area contributed by atoms with Crippen LogP contribution in [0.2, 0.25) is 0 Å². The van der Waals surface area contributed by atoms with Crippen molar-refractivity contribution in [3.63, 3.8) is 0 Å². The first-order chi connectivity index (χ1) is 8.99. The largest absolute Gasteiger partial charge is 0.389 e. The molecule has 19 heavy (non-hydrogen) atoms. The Hall–Kier alpha value is -0.580. The lowest BCUT2D eigenvalue weighted by molar-refractivity contribution is 0.199. The Morgan fingerprint density at radius 2 is 2.26 bits per heavy atom. The second kappa shape index (κ2) is 6.25. The van der Waals surface area contributed by atoms with Crippen LogP contribution in [0.3, 0.4) is 0 Å². The highest BCUT2D eigenvalue weighted by molar-refractivity contribution is 9.10. The Labute approximate surface area is 124 Å². The van der Waals surface area contributed by atoms with Gasteiger partial charge in [-0.25, -0.2) is 0 Å². The van der Waals surface area contributed by atoms with E-state index in [2.05, 4.69) is 45.9 Å². The molecule has 1 aromatic carbocycles. The van der Waals surface area contributed by atoms with E-state index >= 15 is 0 Å². The van der Waals surface area contributed by atoms with Crippen LogP contribution in [0.4, 0.5) is 5.69 Å². The highest BCUT2D eigenvalue weighted by atomic mass is 79.9. The number of rotatable bonds is 4. The van der Waals surface area contributed by atoms with Crippen LogP contribution < -0.4 is 4.90 Å². The Kier molecular flexibility index (Phi) is 4.87. The van der Waals surface area contributed by atoms with Crippen molar-refractivity contribution >= 4 is 21.6 Å². The van der Waals surface area contributed by atoms with Gasteiger partial charge < -0.3 is 14.9 Å². The Morgan fingerprint density at radius 3 is 2.84 bits per heavy atom. The molecule has 0 bridgehead atoms. The van der Waals surface area contributed by atoms with Gasteiger partial charge in [-0.05, 0) is 51.6 Å². The Balaban J connectivity index is 2.16. The van der Waals surface area contributed by atoms with E-state index < -0.39 is 6.10 Å². The molecule has 0 saturated carbocycles. The van der Waals surface area contributed by atoms with Crippen molar-refractivity contribution in [2.45, 2.75) is 31.9 Å². The molecule has 1 aliphatic heterocycles. The standard InChI is InChI=1S/C15H23BrN2O/c1-11(19)14-9-12(16)6-7-15(14)18(3)10-13-5-4-8-17(13)2/h6-7,9,11,13,19H,4-5,8,10H2,1-3H3. The predicted molar refractivity (Wildman–Crippen MR) is 83.7 cm³/mol. The molecule has 4 heteroatoms. The number of aliphatic hydroxyl groups is 1. The minimum absolute atomic E-state index is 0.448. The second-order valence-electron chi connectivity index (χ2n) is 5.54. The van der Waals surface area contributed by atoms with Crippen LogP contribution in [0.5, 0.6) is 0 Å². The van der Waals surface area contributed by atoms with Gasteiger partial charge in [0.25, 0.3) is 0 Å². The third-order valence-electron chi connectivity index (χ3n) is 4.01. The molecule has 1 saturated heterocycles. The molecular weight excluding hydrogens is 304 g/mol. The monoisotopic (exact) mass is 326 g/mol. The number of hydrogen-bond donors (Lipinski definition) is 1. The molecule has 0 spiro atoms. The zero-order chi connectivity index (χ0) is 14.0. The van der Waals surface area contributed by atoms with E-state index in [9.17, 15) is 5.11 Å². The van der Waals surface area contributed by atoms with Crippen molar-refractivity contribution in [3.8, 4) is 0 Å². The molecule has 1 aliphatic rings. The minimum Gasteiger partial charge on any atom is -0.389 e. The van der Waals surface area contributed by atoms with Gasteiger partial charge in [0, 0.05) is 35.4 Å². The fourth-order valence-corrected chi connectivity index (χ4v) is 3.21. The van der Waals surface area contributed by atoms with E-state index in [0.717, 1.165) is 22.3 Å². The summed E-state index contributed by atoms with van der Waals surface area (Å²) in [5.41, 5.74) is 2.11. The van der Waals surface area contributed by atoms with Crippen molar-refractivity contribution in [2.24, 2.45) is 0 Å². The average Bonchev–Trinajstić information content (AvgIpc) is 2.74. The molecule has 0 aliphatic carbocycles. The lowest BCUT2D eigenvalue weighted by Crippen LogP contribution is -2.37. The molecule has 3 nitrogen and oxygen atoms in total. The van der Waals surface area contributed by atoms with E-state index in [4.69, 9.17) is 0 Å². The molecule has 0 amide bonds. The van der Waals surface area contributed by atoms with Crippen molar-refractivity contribution in [2.75, 3.05) is 32.1 Å². The van der Waals surface area contributed by atoms with Crippen LogP contribution >= 0.6 is 15.9 Å². The molecular formula is C15H23BrN2O. The first kappa shape index (κ1) is 14.8. The molecule has 1 heterocycles. The maximum Gasteiger partial charge on any atom is 0.0782 e. The summed E-state index contributed by atoms with van der Waals surface area (Å²) >= 11 is 3.47. The molecule has 2 rings (SSSR count). The summed E-state index contributed by atoms with van der Waals surface area (Å²) < 4.78 is 1.01. The van der Waals surface area contributed by atoms with Gasteiger partial charge in [-0.1, -0.05) is 15.9 Å². The van der Waals surface area contributed by atoms with Crippen molar-refractivity contribution < 1.29 is 5.11 Å². The molecule has 0 radical (unpaired) electrons. The molecule has 1 fully saturated rings. The lowest BCUT2D eigenvalue weighted by atomic mass is 10.1. The third kappa shape index (κ3) is 3.50. The summed E-state index contributed by atoms with van der Waals surface area (Å²) in [7, 11) is 4.31. The Morgan fingerprint density at radius 1 is 1.53 bits per heavy atom. The quantitative estimate of drug-likeness (QED) is 0.921. The summed E-state index contributed by atoms with van der Waals surface area (Å²) in [5.74, 6) is 0. The number of halogens is 1. The highest BCUT2D eigenvalue weighted by Crippen LogP contribution is 2.30. The van der Waals surface area contributed by atoms with Crippen LogP contribution in [-0.2, 0) is 0 Å². The van der Waals surface area contributed by atoms with Gasteiger partial charge in [-0.2, -0.15) is 0 Å². The van der Waals surface area contributed by atoms with Crippen LogP contribution in [0.15, 0.2) is 22.7 Å². The number of aliphatic hydroxyl groups excluding tert-OH is 1. The molecule has 2 unspecified atom stereocenters. The van der Waals surface area contributed by atoms with Gasteiger partial charge >= 0.3 is 0 Å². The Bertz CT molecular complexity index is 436. The highest BCUT2D eigenvalue weighted by Gasteiger charge is 2.23. The normalized spacial score (nSPS) is 21.6. The van der Waals surface area contributed by atoms with Crippen LogP contribution in [0, 0.1) is 0 Å². The number of hydrogen-bond acceptors (Lipinski definition) is 3. The molecule has 1 N–H and O–H groups in total. The first-order valence-electron chi connectivity index (χ1n) is 6.88. The topological polar surface area (TPSA) is 26.7 Å². The number of likely N-dealkylation sites (N-methyl/N-ethyl adjacent to an activating group) is 2. The second-order valence-corrected chi connectivity index (χ2v) is 6.45. The molecule has 106 valence electrons. The van der Waals surface area contributed by atoms with Gasteiger partial charge in [0.2, 0.25) is 0 Å². The van der Waals surface area contributed by atoms with E-state index in [0.29, 0.717) is 6.04 Å². The van der Waals surface area contributed by atoms with Crippen molar-refractivity contribution in [1.82, 2.24) is 4.90 Å². The fraction of sp³-hybridized carbons (Fsp3) is 0.600. The number of nitrogens with zero attached hydrogens (tertiary/aromatic N) is 2. The smallest absolute Gasteiger partial charge is 0.0782 e. The van der Waals surface area contributed by atoms with Crippen molar-refractivity contribution in [3.05, 3.63) is 28.2 Å². The maximum absolute atomic E-state index is 9.93. The maximum atomic E-state index is 9.93. The lowest BCUT2D eigenvalue weighted by Gasteiger charge is -2.29. The van der Waals surface area contributed by atoms with Crippen LogP contribution in [0.25, 0.3) is 0 Å². The van der Waals surface area contributed by atoms with Crippen LogP contribution in [-0.4, -0.2) is 43.2 Å². The summed E-state index contributed by atoms with van der Waals surface area (Å²) in [6.07, 6.45) is 2.11. The van der Waals surface area contributed by atoms with E-state index in [1.165, 1.54) is 19.4 Å². The number of likely N-dealkylation sites (tertiary alicyclic amines) is 1. The predicted octanol–water partition coefficient (Wildman–Crippen LogP) is 3.03. The minimum atomic E-state index is -0.448. The average molecular weight is 327 g/mol. The summed E-state index contributed by atoms with van der Waals surface area (Å²) in [6.45, 7) is 4.03. The van der Waals surface area contributed by atoms with E-state index in [1.54, 1.807) is 0 Å².